The Bertz CT molecular complexity index is 728. The predicted octanol–water partition coefficient (Wildman–Crippen LogP) is 3.73. The van der Waals surface area contributed by atoms with Gasteiger partial charge < -0.3 is 10.4 Å². The molecule has 5 nitrogen and oxygen atoms in total. The van der Waals surface area contributed by atoms with Gasteiger partial charge >= 0.3 is 5.97 Å². The van der Waals surface area contributed by atoms with Crippen molar-refractivity contribution in [2.45, 2.75) is 52.5 Å². The van der Waals surface area contributed by atoms with Crippen molar-refractivity contribution in [1.82, 2.24) is 9.97 Å². The summed E-state index contributed by atoms with van der Waals surface area (Å²) in [7, 11) is 0. The molecule has 1 aliphatic carbocycles. The molecule has 6 heteroatoms. The topological polar surface area (TPSA) is 75.1 Å². The van der Waals surface area contributed by atoms with E-state index >= 15 is 0 Å². The van der Waals surface area contributed by atoms with E-state index < -0.39 is 12.0 Å². The number of carbonyl (C=O) groups is 1. The van der Waals surface area contributed by atoms with Crippen LogP contribution in [0.3, 0.4) is 0 Å². The third-order valence-corrected chi connectivity index (χ3v) is 6.03. The Morgan fingerprint density at radius 1 is 1.52 bits per heavy atom. The fraction of sp³-hybridized carbons (Fsp3) is 0.588. The number of fused-ring (bicyclic) bond motifs is 3. The van der Waals surface area contributed by atoms with Gasteiger partial charge in [-0.25, -0.2) is 14.8 Å². The highest BCUT2D eigenvalue weighted by atomic mass is 32.1. The molecule has 1 aliphatic rings. The zero-order chi connectivity index (χ0) is 16.6. The van der Waals surface area contributed by atoms with Crippen LogP contribution in [0.2, 0.25) is 0 Å². The van der Waals surface area contributed by atoms with Crippen LogP contribution < -0.4 is 5.32 Å². The van der Waals surface area contributed by atoms with Crippen molar-refractivity contribution >= 4 is 33.3 Å². The zero-order valence-electron chi connectivity index (χ0n) is 13.8. The van der Waals surface area contributed by atoms with Crippen LogP contribution in [0.25, 0.3) is 10.2 Å². The molecule has 0 spiro atoms. The summed E-state index contributed by atoms with van der Waals surface area (Å²) in [5.41, 5.74) is 1.32. The number of thiophene rings is 1. The third kappa shape index (κ3) is 3.04. The van der Waals surface area contributed by atoms with Crippen LogP contribution in [-0.2, 0) is 17.6 Å². The number of rotatable bonds is 5. The molecule has 2 aromatic heterocycles. The summed E-state index contributed by atoms with van der Waals surface area (Å²) in [4.78, 5) is 22.7. The summed E-state index contributed by atoms with van der Waals surface area (Å²) < 4.78 is 0. The van der Waals surface area contributed by atoms with Gasteiger partial charge in [-0.1, -0.05) is 27.2 Å². The second-order valence-electron chi connectivity index (χ2n) is 6.60. The Labute approximate surface area is 140 Å². The first kappa shape index (κ1) is 16.2. The van der Waals surface area contributed by atoms with Gasteiger partial charge in [-0.05, 0) is 36.7 Å². The smallest absolute Gasteiger partial charge is 0.326 e. The van der Waals surface area contributed by atoms with Crippen molar-refractivity contribution in [2.75, 3.05) is 5.32 Å². The molecule has 0 fully saturated rings. The van der Waals surface area contributed by atoms with E-state index in [-0.39, 0.29) is 5.92 Å². The molecule has 2 heterocycles. The van der Waals surface area contributed by atoms with Crippen molar-refractivity contribution in [2.24, 2.45) is 11.8 Å². The van der Waals surface area contributed by atoms with Crippen molar-refractivity contribution in [1.29, 1.82) is 0 Å². The number of carboxylic acid groups (broad SMARTS) is 1. The number of anilines is 1. The molecular weight excluding hydrogens is 310 g/mol. The fourth-order valence-corrected chi connectivity index (χ4v) is 4.57. The van der Waals surface area contributed by atoms with Gasteiger partial charge in [-0.3, -0.25) is 0 Å². The highest BCUT2D eigenvalue weighted by Crippen LogP contribution is 2.39. The average Bonchev–Trinajstić information content (AvgIpc) is 2.89. The molecule has 0 aromatic carbocycles. The first-order chi connectivity index (χ1) is 11.0. The summed E-state index contributed by atoms with van der Waals surface area (Å²) in [6.45, 7) is 6.24. The minimum absolute atomic E-state index is 0.0343. The van der Waals surface area contributed by atoms with Gasteiger partial charge in [0.1, 0.15) is 23.0 Å². The molecule has 3 rings (SSSR count). The number of carboxylic acids is 1. The van der Waals surface area contributed by atoms with Gasteiger partial charge in [0.25, 0.3) is 0 Å². The number of nitrogens with zero attached hydrogens (tertiary/aromatic N) is 2. The quantitative estimate of drug-likeness (QED) is 0.872. The molecule has 0 saturated heterocycles. The molecule has 2 aromatic rings. The Hall–Kier alpha value is -1.69. The van der Waals surface area contributed by atoms with Gasteiger partial charge in [-0.2, -0.15) is 0 Å². The highest BCUT2D eigenvalue weighted by Gasteiger charge is 2.27. The van der Waals surface area contributed by atoms with E-state index in [2.05, 4.69) is 22.2 Å². The number of aliphatic carboxylic acids is 1. The first-order valence-electron chi connectivity index (χ1n) is 8.25. The van der Waals surface area contributed by atoms with Crippen LogP contribution in [0.5, 0.6) is 0 Å². The van der Waals surface area contributed by atoms with Crippen LogP contribution in [0.4, 0.5) is 5.82 Å². The Morgan fingerprint density at radius 3 is 3.00 bits per heavy atom. The summed E-state index contributed by atoms with van der Waals surface area (Å²) >= 11 is 1.73. The van der Waals surface area contributed by atoms with E-state index in [1.54, 1.807) is 11.3 Å². The molecule has 3 unspecified atom stereocenters. The third-order valence-electron chi connectivity index (χ3n) is 4.86. The lowest BCUT2D eigenvalue weighted by molar-refractivity contribution is -0.139. The molecule has 0 aliphatic heterocycles. The lowest BCUT2D eigenvalue weighted by Crippen LogP contribution is -2.35. The van der Waals surface area contributed by atoms with E-state index in [0.717, 1.165) is 29.5 Å². The van der Waals surface area contributed by atoms with Gasteiger partial charge in [0.05, 0.1) is 5.39 Å². The first-order valence-corrected chi connectivity index (χ1v) is 9.07. The van der Waals surface area contributed by atoms with E-state index in [9.17, 15) is 9.90 Å². The van der Waals surface area contributed by atoms with E-state index in [1.807, 2.05) is 13.8 Å². The molecule has 3 atom stereocenters. The van der Waals surface area contributed by atoms with Gasteiger partial charge in [0.15, 0.2) is 0 Å². The summed E-state index contributed by atoms with van der Waals surface area (Å²) in [6, 6.07) is -0.629. The lowest BCUT2D eigenvalue weighted by atomic mass is 9.89. The van der Waals surface area contributed by atoms with Gasteiger partial charge in [0, 0.05) is 4.88 Å². The van der Waals surface area contributed by atoms with Crippen LogP contribution in [0.15, 0.2) is 6.33 Å². The van der Waals surface area contributed by atoms with Crippen LogP contribution in [0, 0.1) is 11.8 Å². The molecule has 0 bridgehead atoms. The molecular formula is C17H23N3O2S. The maximum atomic E-state index is 11.6. The fourth-order valence-electron chi connectivity index (χ4n) is 3.21. The maximum Gasteiger partial charge on any atom is 0.326 e. The second kappa shape index (κ2) is 6.43. The van der Waals surface area contributed by atoms with E-state index in [0.29, 0.717) is 11.7 Å². The Balaban J connectivity index is 2.02. The Morgan fingerprint density at radius 2 is 2.30 bits per heavy atom. The monoisotopic (exact) mass is 333 g/mol. The highest BCUT2D eigenvalue weighted by molar-refractivity contribution is 7.19. The second-order valence-corrected chi connectivity index (χ2v) is 7.68. The summed E-state index contributed by atoms with van der Waals surface area (Å²) in [6.07, 6.45) is 5.62. The zero-order valence-corrected chi connectivity index (χ0v) is 14.6. The molecule has 0 saturated carbocycles. The number of aryl methyl sites for hydroxylation is 1. The van der Waals surface area contributed by atoms with E-state index in [4.69, 9.17) is 0 Å². The number of nitrogens with one attached hydrogen (secondary N) is 1. The number of hydrogen-bond acceptors (Lipinski definition) is 5. The minimum atomic E-state index is -0.830. The number of aromatic nitrogens is 2. The van der Waals surface area contributed by atoms with Crippen LogP contribution >= 0.6 is 11.3 Å². The standard InChI is InChI=1S/C17H23N3O2S/c1-4-10(3)14(17(21)22)20-15-13-11-6-5-9(2)7-12(11)23-16(13)19-8-18-15/h8-10,14H,4-7H2,1-3H3,(H,21,22)(H,18,19,20). The summed E-state index contributed by atoms with van der Waals surface area (Å²) in [5.74, 6) is 0.581. The molecule has 0 radical (unpaired) electrons. The SMILES string of the molecule is CCC(C)C(Nc1ncnc2sc3c(c12)CCC(C)C3)C(=O)O. The normalized spacial score (nSPS) is 20.0. The van der Waals surface area contributed by atoms with Crippen LogP contribution in [0.1, 0.15) is 44.1 Å². The van der Waals surface area contributed by atoms with Crippen LogP contribution in [-0.4, -0.2) is 27.1 Å². The van der Waals surface area contributed by atoms with Crippen molar-refractivity contribution in [3.63, 3.8) is 0 Å². The van der Waals surface area contributed by atoms with Gasteiger partial charge in [0.2, 0.25) is 0 Å². The van der Waals surface area contributed by atoms with Crippen molar-refractivity contribution < 1.29 is 9.90 Å². The molecule has 2 N–H and O–H groups in total. The molecule has 124 valence electrons. The molecule has 23 heavy (non-hydrogen) atoms. The largest absolute Gasteiger partial charge is 0.480 e. The van der Waals surface area contributed by atoms with Gasteiger partial charge in [-0.15, -0.1) is 11.3 Å². The van der Waals surface area contributed by atoms with E-state index in [1.165, 1.54) is 23.2 Å². The molecule has 0 amide bonds. The van der Waals surface area contributed by atoms with Crippen molar-refractivity contribution in [3.8, 4) is 0 Å². The van der Waals surface area contributed by atoms with Crippen molar-refractivity contribution in [3.05, 3.63) is 16.8 Å². The Kier molecular flexibility index (Phi) is 4.53. The lowest BCUT2D eigenvalue weighted by Gasteiger charge is -2.22. The average molecular weight is 333 g/mol. The maximum absolute atomic E-state index is 11.6. The predicted molar refractivity (Wildman–Crippen MR) is 93.1 cm³/mol. The summed E-state index contributed by atoms with van der Waals surface area (Å²) in [5, 5.41) is 13.7. The number of hydrogen-bond donors (Lipinski definition) is 2. The minimum Gasteiger partial charge on any atom is -0.480 e.